The largest absolute Gasteiger partial charge is 0.390 e. The van der Waals surface area contributed by atoms with Gasteiger partial charge in [-0.25, -0.2) is 4.98 Å². The van der Waals surface area contributed by atoms with Gasteiger partial charge in [0.1, 0.15) is 5.65 Å². The number of aliphatic hydroxyl groups is 1. The minimum absolute atomic E-state index is 0.0423. The molecule has 0 amide bonds. The van der Waals surface area contributed by atoms with Crippen molar-refractivity contribution in [2.75, 3.05) is 0 Å². The van der Waals surface area contributed by atoms with Gasteiger partial charge in [-0.1, -0.05) is 12.1 Å². The molecule has 0 aliphatic heterocycles. The van der Waals surface area contributed by atoms with E-state index in [2.05, 4.69) is 48.0 Å². The summed E-state index contributed by atoms with van der Waals surface area (Å²) in [6.45, 7) is 6.17. The van der Waals surface area contributed by atoms with Gasteiger partial charge in [-0.15, -0.1) is 0 Å². The summed E-state index contributed by atoms with van der Waals surface area (Å²) >= 11 is 3.50. The first-order valence-electron chi connectivity index (χ1n) is 6.87. The van der Waals surface area contributed by atoms with Crippen LogP contribution in [-0.2, 0) is 6.61 Å². The van der Waals surface area contributed by atoms with Crippen LogP contribution in [0.1, 0.15) is 22.4 Å². The molecule has 0 unspecified atom stereocenters. The second kappa shape index (κ2) is 5.28. The zero-order valence-corrected chi connectivity index (χ0v) is 13.9. The Labute approximate surface area is 132 Å². The summed E-state index contributed by atoms with van der Waals surface area (Å²) in [7, 11) is 0. The van der Waals surface area contributed by atoms with Crippen LogP contribution in [0.15, 0.2) is 34.9 Å². The first-order chi connectivity index (χ1) is 10.0. The molecule has 1 N–H and O–H groups in total. The van der Waals surface area contributed by atoms with Gasteiger partial charge < -0.3 is 5.11 Å². The van der Waals surface area contributed by atoms with Crippen LogP contribution in [0.2, 0.25) is 0 Å². The molecule has 0 bridgehead atoms. The minimum Gasteiger partial charge on any atom is -0.390 e. The number of imidazole rings is 1. The molecular weight excluding hydrogens is 328 g/mol. The van der Waals surface area contributed by atoms with Crippen LogP contribution in [-0.4, -0.2) is 14.5 Å². The van der Waals surface area contributed by atoms with E-state index in [1.165, 1.54) is 11.1 Å². The maximum Gasteiger partial charge on any atom is 0.140 e. The van der Waals surface area contributed by atoms with Crippen molar-refractivity contribution in [3.63, 3.8) is 0 Å². The van der Waals surface area contributed by atoms with E-state index in [4.69, 9.17) is 4.98 Å². The molecule has 2 aromatic heterocycles. The summed E-state index contributed by atoms with van der Waals surface area (Å²) in [6, 6.07) is 8.32. The zero-order chi connectivity index (χ0) is 15.1. The van der Waals surface area contributed by atoms with E-state index in [0.717, 1.165) is 32.6 Å². The third-order valence-electron chi connectivity index (χ3n) is 3.90. The van der Waals surface area contributed by atoms with Crippen molar-refractivity contribution in [1.29, 1.82) is 0 Å². The number of halogens is 1. The number of aromatic nitrogens is 2. The van der Waals surface area contributed by atoms with Gasteiger partial charge in [0.05, 0.1) is 18.0 Å². The second-order valence-corrected chi connectivity index (χ2v) is 6.31. The lowest BCUT2D eigenvalue weighted by molar-refractivity contribution is 0.276. The number of fused-ring (bicyclic) bond motifs is 1. The molecule has 0 aliphatic rings. The molecule has 0 saturated heterocycles. The van der Waals surface area contributed by atoms with Gasteiger partial charge in [0, 0.05) is 16.2 Å². The molecule has 0 atom stereocenters. The molecule has 21 heavy (non-hydrogen) atoms. The number of hydrogen-bond donors (Lipinski definition) is 1. The Bertz CT molecular complexity index is 836. The smallest absolute Gasteiger partial charge is 0.140 e. The summed E-state index contributed by atoms with van der Waals surface area (Å²) in [4.78, 5) is 4.75. The fourth-order valence-electron chi connectivity index (χ4n) is 2.59. The van der Waals surface area contributed by atoms with Crippen molar-refractivity contribution in [2.24, 2.45) is 0 Å². The highest BCUT2D eigenvalue weighted by atomic mass is 79.9. The molecule has 4 heteroatoms. The Hall–Kier alpha value is -1.65. The average molecular weight is 345 g/mol. The molecule has 3 rings (SSSR count). The van der Waals surface area contributed by atoms with E-state index in [9.17, 15) is 5.11 Å². The van der Waals surface area contributed by atoms with Crippen LogP contribution >= 0.6 is 15.9 Å². The number of rotatable bonds is 2. The van der Waals surface area contributed by atoms with Crippen LogP contribution < -0.4 is 0 Å². The SMILES string of the molecule is Cc1ccc(-c2nc3c(C)cc(Br)cn3c2CO)cc1C. The van der Waals surface area contributed by atoms with E-state index in [-0.39, 0.29) is 6.61 Å². The van der Waals surface area contributed by atoms with Gasteiger partial charge in [-0.2, -0.15) is 0 Å². The molecular formula is C17H17BrN2O. The van der Waals surface area contributed by atoms with Gasteiger partial charge in [0.2, 0.25) is 0 Å². The van der Waals surface area contributed by atoms with Crippen LogP contribution in [0.5, 0.6) is 0 Å². The van der Waals surface area contributed by atoms with Crippen molar-refractivity contribution in [1.82, 2.24) is 9.38 Å². The maximum atomic E-state index is 9.80. The lowest BCUT2D eigenvalue weighted by Gasteiger charge is -2.05. The summed E-state index contributed by atoms with van der Waals surface area (Å²) in [5.74, 6) is 0. The van der Waals surface area contributed by atoms with Gasteiger partial charge in [-0.3, -0.25) is 4.40 Å². The number of aryl methyl sites for hydroxylation is 3. The minimum atomic E-state index is -0.0423. The molecule has 3 aromatic rings. The van der Waals surface area contributed by atoms with E-state index < -0.39 is 0 Å². The van der Waals surface area contributed by atoms with Gasteiger partial charge in [0.25, 0.3) is 0 Å². The van der Waals surface area contributed by atoms with Gasteiger partial charge in [0.15, 0.2) is 0 Å². The van der Waals surface area contributed by atoms with E-state index in [1.54, 1.807) is 0 Å². The number of nitrogens with zero attached hydrogens (tertiary/aromatic N) is 2. The van der Waals surface area contributed by atoms with Crippen molar-refractivity contribution in [2.45, 2.75) is 27.4 Å². The number of hydrogen-bond acceptors (Lipinski definition) is 2. The lowest BCUT2D eigenvalue weighted by Crippen LogP contribution is -1.95. The highest BCUT2D eigenvalue weighted by Gasteiger charge is 2.15. The molecule has 0 saturated carbocycles. The standard InChI is InChI=1S/C17H17BrN2O/c1-10-4-5-13(6-11(10)2)16-15(9-21)20-8-14(18)7-12(3)17(20)19-16/h4-8,21H,9H2,1-3H3. The molecule has 0 aliphatic carbocycles. The summed E-state index contributed by atoms with van der Waals surface area (Å²) in [6.07, 6.45) is 1.95. The van der Waals surface area contributed by atoms with Crippen LogP contribution in [0.25, 0.3) is 16.9 Å². The van der Waals surface area contributed by atoms with Crippen LogP contribution in [0, 0.1) is 20.8 Å². The van der Waals surface area contributed by atoms with E-state index >= 15 is 0 Å². The van der Waals surface area contributed by atoms with Gasteiger partial charge >= 0.3 is 0 Å². The molecule has 3 nitrogen and oxygen atoms in total. The predicted octanol–water partition coefficient (Wildman–Crippen LogP) is 4.18. The number of benzene rings is 1. The Balaban J connectivity index is 2.31. The topological polar surface area (TPSA) is 37.5 Å². The fourth-order valence-corrected chi connectivity index (χ4v) is 3.13. The van der Waals surface area contributed by atoms with Crippen molar-refractivity contribution < 1.29 is 5.11 Å². The molecule has 0 spiro atoms. The van der Waals surface area contributed by atoms with Crippen molar-refractivity contribution >= 4 is 21.6 Å². The molecule has 0 fully saturated rings. The Morgan fingerprint density at radius 1 is 1.10 bits per heavy atom. The quantitative estimate of drug-likeness (QED) is 0.757. The van der Waals surface area contributed by atoms with Crippen molar-refractivity contribution in [3.8, 4) is 11.3 Å². The summed E-state index contributed by atoms with van der Waals surface area (Å²) < 4.78 is 2.94. The van der Waals surface area contributed by atoms with Crippen molar-refractivity contribution in [3.05, 3.63) is 57.3 Å². The number of aliphatic hydroxyl groups excluding tert-OH is 1. The molecule has 0 radical (unpaired) electrons. The normalized spacial score (nSPS) is 11.3. The highest BCUT2D eigenvalue weighted by molar-refractivity contribution is 9.10. The van der Waals surface area contributed by atoms with Crippen LogP contribution in [0.4, 0.5) is 0 Å². The average Bonchev–Trinajstić information content (AvgIpc) is 2.80. The summed E-state index contributed by atoms with van der Waals surface area (Å²) in [5.41, 5.74) is 7.16. The monoisotopic (exact) mass is 344 g/mol. The van der Waals surface area contributed by atoms with Gasteiger partial charge in [-0.05, 0) is 65.5 Å². The second-order valence-electron chi connectivity index (χ2n) is 5.40. The van der Waals surface area contributed by atoms with E-state index in [1.807, 2.05) is 23.6 Å². The third kappa shape index (κ3) is 2.39. The predicted molar refractivity (Wildman–Crippen MR) is 88.5 cm³/mol. The first-order valence-corrected chi connectivity index (χ1v) is 7.66. The first kappa shape index (κ1) is 14.3. The summed E-state index contributed by atoms with van der Waals surface area (Å²) in [5, 5.41) is 9.80. The molecule has 2 heterocycles. The molecule has 108 valence electrons. The van der Waals surface area contributed by atoms with Crippen LogP contribution in [0.3, 0.4) is 0 Å². The van der Waals surface area contributed by atoms with E-state index in [0.29, 0.717) is 0 Å². The Kier molecular flexibility index (Phi) is 3.59. The maximum absolute atomic E-state index is 9.80. The molecule has 1 aromatic carbocycles. The lowest BCUT2D eigenvalue weighted by atomic mass is 10.0. The zero-order valence-electron chi connectivity index (χ0n) is 12.3. The fraction of sp³-hybridized carbons (Fsp3) is 0.235. The third-order valence-corrected chi connectivity index (χ3v) is 4.33. The number of pyridine rings is 1. The highest BCUT2D eigenvalue weighted by Crippen LogP contribution is 2.28. The Morgan fingerprint density at radius 3 is 2.52 bits per heavy atom. The Morgan fingerprint density at radius 2 is 1.86 bits per heavy atom.